The molecule has 0 unspecified atom stereocenters. The van der Waals surface area contributed by atoms with Crippen LogP contribution in [-0.4, -0.2) is 44.5 Å². The molecule has 2 aromatic heterocycles. The number of hydrogen-bond acceptors (Lipinski definition) is 8. The van der Waals surface area contributed by atoms with Crippen molar-refractivity contribution >= 4 is 39.4 Å². The molecule has 3 aromatic rings. The highest BCUT2D eigenvalue weighted by atomic mass is 79.9. The number of carbonyl (C=O) groups excluding carboxylic acids is 2. The molecule has 1 aromatic carbocycles. The van der Waals surface area contributed by atoms with Gasteiger partial charge in [0.2, 0.25) is 5.69 Å². The van der Waals surface area contributed by atoms with Gasteiger partial charge in [-0.1, -0.05) is 5.16 Å². The second-order valence-electron chi connectivity index (χ2n) is 6.41. The van der Waals surface area contributed by atoms with E-state index >= 15 is 0 Å². The molecule has 0 amide bonds. The number of hydrogen-bond donors (Lipinski definition) is 0. The van der Waals surface area contributed by atoms with Crippen molar-refractivity contribution in [2.45, 2.75) is 30.6 Å². The van der Waals surface area contributed by atoms with Gasteiger partial charge in [-0.25, -0.2) is 14.5 Å². The molecule has 0 aliphatic heterocycles. The molecule has 150 valence electrons. The van der Waals surface area contributed by atoms with Crippen LogP contribution in [0, 0.1) is 0 Å². The van der Waals surface area contributed by atoms with Gasteiger partial charge >= 0.3 is 5.97 Å². The normalized spacial score (nSPS) is 13.5. The summed E-state index contributed by atoms with van der Waals surface area (Å²) < 4.78 is 12.8. The first-order valence-corrected chi connectivity index (χ1v) is 11.0. The van der Waals surface area contributed by atoms with Gasteiger partial charge in [0.1, 0.15) is 18.2 Å². The zero-order valence-corrected chi connectivity index (χ0v) is 18.1. The van der Waals surface area contributed by atoms with Crippen LogP contribution >= 0.6 is 27.7 Å². The average Bonchev–Trinajstić information content (AvgIpc) is 3.24. The fourth-order valence-corrected chi connectivity index (χ4v) is 4.73. The van der Waals surface area contributed by atoms with E-state index in [-0.39, 0.29) is 29.6 Å². The molecule has 0 bridgehead atoms. The summed E-state index contributed by atoms with van der Waals surface area (Å²) in [5.74, 6) is -0.399. The maximum Gasteiger partial charge on any atom is 0.361 e. The SMILES string of the molecule is CCOC(=O)c1noc(C2CC2)c1C(=O)c1ccc(-n2cncn2)c(Br)c1SC. The average molecular weight is 477 g/mol. The number of thioether (sulfide) groups is 1. The van der Waals surface area contributed by atoms with Crippen molar-refractivity contribution in [2.24, 2.45) is 0 Å². The highest BCUT2D eigenvalue weighted by molar-refractivity contribution is 9.10. The maximum absolute atomic E-state index is 13.5. The van der Waals surface area contributed by atoms with Gasteiger partial charge in [0, 0.05) is 16.4 Å². The van der Waals surface area contributed by atoms with Gasteiger partial charge in [-0.3, -0.25) is 4.79 Å². The largest absolute Gasteiger partial charge is 0.461 e. The Morgan fingerprint density at radius 1 is 1.38 bits per heavy atom. The lowest BCUT2D eigenvalue weighted by atomic mass is 9.99. The maximum atomic E-state index is 13.5. The highest BCUT2D eigenvalue weighted by Gasteiger charge is 2.38. The van der Waals surface area contributed by atoms with Crippen molar-refractivity contribution in [3.63, 3.8) is 0 Å². The number of ether oxygens (including phenoxy) is 1. The van der Waals surface area contributed by atoms with Crippen molar-refractivity contribution in [3.8, 4) is 5.69 Å². The molecule has 1 aliphatic carbocycles. The van der Waals surface area contributed by atoms with Crippen molar-refractivity contribution in [2.75, 3.05) is 12.9 Å². The Balaban J connectivity index is 1.82. The van der Waals surface area contributed by atoms with Gasteiger partial charge in [0.15, 0.2) is 11.5 Å². The Kier molecular flexibility index (Phi) is 5.55. The van der Waals surface area contributed by atoms with Crippen LogP contribution in [0.25, 0.3) is 5.69 Å². The molecule has 8 nitrogen and oxygen atoms in total. The number of rotatable bonds is 7. The summed E-state index contributed by atoms with van der Waals surface area (Å²) >= 11 is 5.00. The number of nitrogens with zero attached hydrogens (tertiary/aromatic N) is 4. The van der Waals surface area contributed by atoms with Crippen LogP contribution in [0.1, 0.15) is 57.9 Å². The predicted molar refractivity (Wildman–Crippen MR) is 109 cm³/mol. The van der Waals surface area contributed by atoms with E-state index in [9.17, 15) is 9.59 Å². The Bertz CT molecular complexity index is 1080. The van der Waals surface area contributed by atoms with Crippen molar-refractivity contribution in [3.05, 3.63) is 51.8 Å². The minimum atomic E-state index is -0.657. The molecule has 29 heavy (non-hydrogen) atoms. The van der Waals surface area contributed by atoms with Gasteiger partial charge in [0.05, 0.1) is 16.8 Å². The number of carbonyl (C=O) groups is 2. The molecule has 0 atom stereocenters. The van der Waals surface area contributed by atoms with Crippen LogP contribution in [0.2, 0.25) is 0 Å². The third-order valence-corrected chi connectivity index (χ3v) is 6.45. The number of benzene rings is 1. The molecule has 0 N–H and O–H groups in total. The second-order valence-corrected chi connectivity index (χ2v) is 8.02. The Morgan fingerprint density at radius 3 is 2.79 bits per heavy atom. The quantitative estimate of drug-likeness (QED) is 0.286. The van der Waals surface area contributed by atoms with Crippen LogP contribution in [0.15, 0.2) is 38.7 Å². The molecular weight excluding hydrogens is 460 g/mol. The second kappa shape index (κ2) is 8.11. The van der Waals surface area contributed by atoms with Crippen LogP contribution in [0.4, 0.5) is 0 Å². The smallest absolute Gasteiger partial charge is 0.361 e. The molecule has 0 saturated heterocycles. The molecule has 10 heteroatoms. The van der Waals surface area contributed by atoms with E-state index in [1.165, 1.54) is 18.1 Å². The Hall–Kier alpha value is -2.46. The van der Waals surface area contributed by atoms with E-state index in [1.807, 2.05) is 6.26 Å². The van der Waals surface area contributed by atoms with Gasteiger partial charge in [-0.2, -0.15) is 5.10 Å². The molecule has 1 saturated carbocycles. The third kappa shape index (κ3) is 3.62. The van der Waals surface area contributed by atoms with Gasteiger partial charge in [0.25, 0.3) is 0 Å². The summed E-state index contributed by atoms with van der Waals surface area (Å²) in [6.45, 7) is 1.89. The van der Waals surface area contributed by atoms with Crippen LogP contribution in [-0.2, 0) is 4.74 Å². The van der Waals surface area contributed by atoms with Crippen molar-refractivity contribution < 1.29 is 18.8 Å². The minimum absolute atomic E-state index is 0.0673. The van der Waals surface area contributed by atoms with E-state index < -0.39 is 5.97 Å². The molecule has 0 spiro atoms. The van der Waals surface area contributed by atoms with Gasteiger partial charge < -0.3 is 9.26 Å². The van der Waals surface area contributed by atoms with Crippen LogP contribution in [0.3, 0.4) is 0 Å². The first kappa shape index (κ1) is 19.8. The lowest BCUT2D eigenvalue weighted by molar-refractivity contribution is 0.0512. The van der Waals surface area contributed by atoms with E-state index in [4.69, 9.17) is 9.26 Å². The predicted octanol–water partition coefficient (Wildman–Crippen LogP) is 4.02. The first-order chi connectivity index (χ1) is 14.1. The lowest BCUT2D eigenvalue weighted by Gasteiger charge is -2.13. The summed E-state index contributed by atoms with van der Waals surface area (Å²) in [5.41, 5.74) is 1.33. The fourth-order valence-electron chi connectivity index (χ4n) is 3.05. The standard InChI is InChI=1S/C19H17BrN4O4S/c1-3-27-19(26)15-13(17(28-23-15)10-4-5-10)16(25)11-6-7-12(14(20)18(11)29-2)24-9-21-8-22-24/h6-10H,3-5H2,1-2H3. The number of aromatic nitrogens is 4. The van der Waals surface area contributed by atoms with Crippen LogP contribution in [0.5, 0.6) is 0 Å². The summed E-state index contributed by atoms with van der Waals surface area (Å²) in [4.78, 5) is 30.6. The van der Waals surface area contributed by atoms with E-state index in [2.05, 4.69) is 31.2 Å². The lowest BCUT2D eigenvalue weighted by Crippen LogP contribution is -2.14. The topological polar surface area (TPSA) is 100 Å². The van der Waals surface area contributed by atoms with E-state index in [1.54, 1.807) is 30.1 Å². The molecule has 0 radical (unpaired) electrons. The molecule has 4 rings (SSSR count). The third-order valence-electron chi connectivity index (χ3n) is 4.55. The zero-order chi connectivity index (χ0) is 20.5. The summed E-state index contributed by atoms with van der Waals surface area (Å²) in [6.07, 6.45) is 6.71. The Morgan fingerprint density at radius 2 is 2.17 bits per heavy atom. The Labute approximate surface area is 179 Å². The minimum Gasteiger partial charge on any atom is -0.461 e. The summed E-state index contributed by atoms with van der Waals surface area (Å²) in [7, 11) is 0. The zero-order valence-electron chi connectivity index (χ0n) is 15.7. The molecule has 1 fully saturated rings. The van der Waals surface area contributed by atoms with Crippen molar-refractivity contribution in [1.29, 1.82) is 0 Å². The molecule has 2 heterocycles. The van der Waals surface area contributed by atoms with Gasteiger partial charge in [-0.05, 0) is 54.1 Å². The fraction of sp³-hybridized carbons (Fsp3) is 0.316. The van der Waals surface area contributed by atoms with E-state index in [0.29, 0.717) is 15.8 Å². The van der Waals surface area contributed by atoms with E-state index in [0.717, 1.165) is 23.4 Å². The monoisotopic (exact) mass is 476 g/mol. The number of esters is 1. The van der Waals surface area contributed by atoms with Gasteiger partial charge in [-0.15, -0.1) is 11.8 Å². The first-order valence-electron chi connectivity index (χ1n) is 8.99. The van der Waals surface area contributed by atoms with Crippen LogP contribution < -0.4 is 0 Å². The number of ketones is 1. The summed E-state index contributed by atoms with van der Waals surface area (Å²) in [6, 6.07) is 3.49. The van der Waals surface area contributed by atoms with Crippen molar-refractivity contribution in [1.82, 2.24) is 19.9 Å². The molecule has 1 aliphatic rings. The number of halogens is 1. The highest BCUT2D eigenvalue weighted by Crippen LogP contribution is 2.44. The summed E-state index contributed by atoms with van der Waals surface area (Å²) in [5, 5.41) is 8.01. The molecular formula is C19H17BrN4O4S.